The van der Waals surface area contributed by atoms with Gasteiger partial charge in [-0.2, -0.15) is 8.78 Å². The molecule has 0 atom stereocenters. The van der Waals surface area contributed by atoms with Gasteiger partial charge in [-0.25, -0.2) is 0 Å². The van der Waals surface area contributed by atoms with E-state index in [1.807, 2.05) is 12.1 Å². The molecule has 4 heteroatoms. The Labute approximate surface area is 114 Å². The van der Waals surface area contributed by atoms with Crippen LogP contribution in [-0.4, -0.2) is 13.2 Å². The standard InChI is InChI=1S/C15H23F2NO/c1-2-3-4-5-6-11-18-12-13-7-9-14(10-8-13)19-15(16)17/h7-10,15,18H,2-6,11-12H2,1H3. The Balaban J connectivity index is 2.12. The summed E-state index contributed by atoms with van der Waals surface area (Å²) in [6, 6.07) is 6.76. The average molecular weight is 271 g/mol. The monoisotopic (exact) mass is 271 g/mol. The summed E-state index contributed by atoms with van der Waals surface area (Å²) in [6.45, 7) is 1.22. The van der Waals surface area contributed by atoms with Crippen molar-refractivity contribution in [2.45, 2.75) is 52.2 Å². The van der Waals surface area contributed by atoms with Crippen molar-refractivity contribution in [3.05, 3.63) is 29.8 Å². The number of alkyl halides is 2. The van der Waals surface area contributed by atoms with Gasteiger partial charge >= 0.3 is 6.61 Å². The lowest BCUT2D eigenvalue weighted by molar-refractivity contribution is -0.0498. The quantitative estimate of drug-likeness (QED) is 0.639. The van der Waals surface area contributed by atoms with Crippen molar-refractivity contribution in [1.29, 1.82) is 0 Å². The smallest absolute Gasteiger partial charge is 0.387 e. The molecule has 2 nitrogen and oxygen atoms in total. The van der Waals surface area contributed by atoms with Crippen LogP contribution in [0.3, 0.4) is 0 Å². The maximum atomic E-state index is 12.0. The lowest BCUT2D eigenvalue weighted by atomic mass is 10.1. The number of unbranched alkanes of at least 4 members (excludes halogenated alkanes) is 4. The fourth-order valence-corrected chi connectivity index (χ4v) is 1.88. The zero-order chi connectivity index (χ0) is 13.9. The van der Waals surface area contributed by atoms with Crippen molar-refractivity contribution in [1.82, 2.24) is 5.32 Å². The molecule has 0 radical (unpaired) electrons. The highest BCUT2D eigenvalue weighted by Gasteiger charge is 2.03. The number of halogens is 2. The van der Waals surface area contributed by atoms with Gasteiger partial charge in [0, 0.05) is 6.54 Å². The fourth-order valence-electron chi connectivity index (χ4n) is 1.88. The molecule has 0 aliphatic carbocycles. The Morgan fingerprint density at radius 2 is 1.74 bits per heavy atom. The van der Waals surface area contributed by atoms with Crippen LogP contribution in [0.25, 0.3) is 0 Å². The second-order valence-electron chi connectivity index (χ2n) is 4.61. The van der Waals surface area contributed by atoms with E-state index in [1.165, 1.54) is 32.1 Å². The first-order valence-corrected chi connectivity index (χ1v) is 6.97. The van der Waals surface area contributed by atoms with E-state index in [4.69, 9.17) is 0 Å². The highest BCUT2D eigenvalue weighted by atomic mass is 19.3. The number of benzene rings is 1. The summed E-state index contributed by atoms with van der Waals surface area (Å²) in [4.78, 5) is 0. The summed E-state index contributed by atoms with van der Waals surface area (Å²) >= 11 is 0. The van der Waals surface area contributed by atoms with Gasteiger partial charge in [-0.1, -0.05) is 44.7 Å². The van der Waals surface area contributed by atoms with Gasteiger partial charge in [0.25, 0.3) is 0 Å². The molecule has 0 spiro atoms. The summed E-state index contributed by atoms with van der Waals surface area (Å²) < 4.78 is 28.2. The van der Waals surface area contributed by atoms with Crippen LogP contribution >= 0.6 is 0 Å². The van der Waals surface area contributed by atoms with Gasteiger partial charge in [0.15, 0.2) is 0 Å². The minimum Gasteiger partial charge on any atom is -0.435 e. The second-order valence-corrected chi connectivity index (χ2v) is 4.61. The molecule has 1 aromatic rings. The Morgan fingerprint density at radius 1 is 1.05 bits per heavy atom. The summed E-state index contributed by atoms with van der Waals surface area (Å²) in [5.74, 6) is 0.207. The summed E-state index contributed by atoms with van der Waals surface area (Å²) in [5.41, 5.74) is 1.08. The maximum absolute atomic E-state index is 12.0. The van der Waals surface area contributed by atoms with Crippen molar-refractivity contribution >= 4 is 0 Å². The molecule has 0 fully saturated rings. The van der Waals surface area contributed by atoms with Gasteiger partial charge < -0.3 is 10.1 Å². The Kier molecular flexibility index (Phi) is 8.14. The van der Waals surface area contributed by atoms with E-state index in [9.17, 15) is 8.78 Å². The van der Waals surface area contributed by atoms with Gasteiger partial charge in [-0.3, -0.25) is 0 Å². The molecular formula is C15H23F2NO. The molecule has 1 rings (SSSR count). The van der Waals surface area contributed by atoms with Crippen molar-refractivity contribution in [3.63, 3.8) is 0 Å². The molecule has 0 aliphatic rings. The van der Waals surface area contributed by atoms with Crippen LogP contribution in [-0.2, 0) is 6.54 Å². The predicted octanol–water partition coefficient (Wildman–Crippen LogP) is 4.35. The minimum atomic E-state index is -2.76. The van der Waals surface area contributed by atoms with Gasteiger partial charge in [-0.05, 0) is 30.7 Å². The molecule has 0 saturated heterocycles. The van der Waals surface area contributed by atoms with Crippen LogP contribution in [0.1, 0.15) is 44.6 Å². The van der Waals surface area contributed by atoms with Crippen LogP contribution < -0.4 is 10.1 Å². The van der Waals surface area contributed by atoms with Crippen LogP contribution in [0.15, 0.2) is 24.3 Å². The van der Waals surface area contributed by atoms with Gasteiger partial charge in [0.2, 0.25) is 0 Å². The van der Waals surface area contributed by atoms with E-state index in [2.05, 4.69) is 17.0 Å². The molecule has 1 aromatic carbocycles. The zero-order valence-electron chi connectivity index (χ0n) is 11.5. The summed E-state index contributed by atoms with van der Waals surface area (Å²) in [6.07, 6.45) is 6.33. The first kappa shape index (κ1) is 15.9. The lowest BCUT2D eigenvalue weighted by Crippen LogP contribution is -2.14. The van der Waals surface area contributed by atoms with Crippen molar-refractivity contribution in [3.8, 4) is 5.75 Å². The molecule has 1 N–H and O–H groups in total. The highest BCUT2D eigenvalue weighted by Crippen LogP contribution is 2.14. The first-order chi connectivity index (χ1) is 9.22. The Hall–Kier alpha value is -1.16. The second kappa shape index (κ2) is 9.73. The minimum absolute atomic E-state index is 0.207. The van der Waals surface area contributed by atoms with E-state index in [0.717, 1.165) is 18.7 Å². The lowest BCUT2D eigenvalue weighted by Gasteiger charge is -2.07. The van der Waals surface area contributed by atoms with Gasteiger partial charge in [-0.15, -0.1) is 0 Å². The van der Waals surface area contributed by atoms with Crippen molar-refractivity contribution in [2.75, 3.05) is 6.54 Å². The molecule has 19 heavy (non-hydrogen) atoms. The molecule has 0 amide bonds. The Bertz CT molecular complexity index is 327. The third-order valence-corrected chi connectivity index (χ3v) is 2.93. The van der Waals surface area contributed by atoms with Crippen LogP contribution in [0.5, 0.6) is 5.75 Å². The maximum Gasteiger partial charge on any atom is 0.387 e. The fraction of sp³-hybridized carbons (Fsp3) is 0.600. The van der Waals surface area contributed by atoms with Crippen molar-refractivity contribution < 1.29 is 13.5 Å². The number of ether oxygens (including phenoxy) is 1. The van der Waals surface area contributed by atoms with Gasteiger partial charge in [0.05, 0.1) is 0 Å². The zero-order valence-corrected chi connectivity index (χ0v) is 11.5. The normalized spacial score (nSPS) is 10.9. The topological polar surface area (TPSA) is 21.3 Å². The molecule has 0 unspecified atom stereocenters. The molecular weight excluding hydrogens is 248 g/mol. The van der Waals surface area contributed by atoms with Gasteiger partial charge in [0.1, 0.15) is 5.75 Å². The molecule has 0 aromatic heterocycles. The number of hydrogen-bond acceptors (Lipinski definition) is 2. The number of rotatable bonds is 10. The van der Waals surface area contributed by atoms with E-state index < -0.39 is 6.61 Å². The average Bonchev–Trinajstić information content (AvgIpc) is 2.39. The van der Waals surface area contributed by atoms with E-state index in [0.29, 0.717) is 0 Å². The van der Waals surface area contributed by atoms with E-state index in [-0.39, 0.29) is 5.75 Å². The molecule has 0 bridgehead atoms. The number of nitrogens with one attached hydrogen (secondary N) is 1. The SMILES string of the molecule is CCCCCCCNCc1ccc(OC(F)F)cc1. The summed E-state index contributed by atoms with van der Waals surface area (Å²) in [7, 11) is 0. The van der Waals surface area contributed by atoms with E-state index in [1.54, 1.807) is 12.1 Å². The Morgan fingerprint density at radius 3 is 2.37 bits per heavy atom. The summed E-state index contributed by atoms with van der Waals surface area (Å²) in [5, 5.41) is 3.35. The van der Waals surface area contributed by atoms with Crippen LogP contribution in [0, 0.1) is 0 Å². The van der Waals surface area contributed by atoms with Crippen LogP contribution in [0.4, 0.5) is 8.78 Å². The molecule has 108 valence electrons. The number of hydrogen-bond donors (Lipinski definition) is 1. The molecule has 0 aliphatic heterocycles. The predicted molar refractivity (Wildman–Crippen MR) is 73.5 cm³/mol. The largest absolute Gasteiger partial charge is 0.435 e. The van der Waals surface area contributed by atoms with Crippen molar-refractivity contribution in [2.24, 2.45) is 0 Å². The third-order valence-electron chi connectivity index (χ3n) is 2.93. The third kappa shape index (κ3) is 7.78. The first-order valence-electron chi connectivity index (χ1n) is 6.97. The van der Waals surface area contributed by atoms with E-state index >= 15 is 0 Å². The molecule has 0 saturated carbocycles. The van der Waals surface area contributed by atoms with Crippen LogP contribution in [0.2, 0.25) is 0 Å². The highest BCUT2D eigenvalue weighted by molar-refractivity contribution is 5.27. The molecule has 0 heterocycles.